The monoisotopic (exact) mass is 204 g/mol. The predicted molar refractivity (Wildman–Crippen MR) is 56.2 cm³/mol. The molecule has 0 N–H and O–H groups in total. The number of Topliss-reactive ketones (excluding diaryl/α,β-unsaturated/α-hetero) is 1. The largest absolute Gasteiger partial charge is 0.310 e. The summed E-state index contributed by atoms with van der Waals surface area (Å²) in [5.41, 5.74) is 0.725. The summed E-state index contributed by atoms with van der Waals surface area (Å²) >= 11 is 0. The van der Waals surface area contributed by atoms with Crippen LogP contribution in [0.4, 0.5) is 5.69 Å². The molecule has 0 aliphatic carbocycles. The molecule has 0 saturated carbocycles. The minimum absolute atomic E-state index is 0.360. The number of hydrazine groups is 1. The van der Waals surface area contributed by atoms with Gasteiger partial charge in [-0.25, -0.2) is 10.0 Å². The summed E-state index contributed by atoms with van der Waals surface area (Å²) in [7, 11) is 1.74. The van der Waals surface area contributed by atoms with Crippen molar-refractivity contribution in [3.63, 3.8) is 0 Å². The number of para-hydroxylation sites is 1. The van der Waals surface area contributed by atoms with E-state index in [0.717, 1.165) is 5.69 Å². The lowest BCUT2D eigenvalue weighted by molar-refractivity contribution is -0.134. The van der Waals surface area contributed by atoms with Crippen LogP contribution in [0, 0.1) is 0 Å². The summed E-state index contributed by atoms with van der Waals surface area (Å²) in [6.45, 7) is 1.73. The lowest BCUT2D eigenvalue weighted by Crippen LogP contribution is -2.38. The highest BCUT2D eigenvalue weighted by Crippen LogP contribution is 2.22. The Hall–Kier alpha value is -1.68. The van der Waals surface area contributed by atoms with Gasteiger partial charge in [0.1, 0.15) is 0 Å². The van der Waals surface area contributed by atoms with Crippen molar-refractivity contribution in [1.82, 2.24) is 5.01 Å². The second kappa shape index (κ2) is 3.47. The maximum atomic E-state index is 11.7. The predicted octanol–water partition coefficient (Wildman–Crippen LogP) is 0.838. The molecule has 4 heteroatoms. The van der Waals surface area contributed by atoms with Crippen molar-refractivity contribution in [2.24, 2.45) is 0 Å². The van der Waals surface area contributed by atoms with Crippen molar-refractivity contribution in [3.05, 3.63) is 30.3 Å². The number of benzene rings is 1. The van der Waals surface area contributed by atoms with Gasteiger partial charge in [-0.3, -0.25) is 9.59 Å². The molecular formula is C11H12N2O2. The van der Waals surface area contributed by atoms with Crippen LogP contribution in [-0.2, 0) is 9.59 Å². The molecule has 1 fully saturated rings. The number of carbonyl (C=O) groups is 2. The molecule has 1 amide bonds. The first-order chi connectivity index (χ1) is 7.13. The molecule has 0 unspecified atom stereocenters. The number of hydrogen-bond donors (Lipinski definition) is 0. The highest BCUT2D eigenvalue weighted by atomic mass is 16.2. The number of hydrogen-bond acceptors (Lipinski definition) is 3. The number of carbonyl (C=O) groups excluding carboxylic acids is 2. The average molecular weight is 204 g/mol. The first-order valence-electron chi connectivity index (χ1n) is 4.79. The van der Waals surface area contributed by atoms with E-state index >= 15 is 0 Å². The average Bonchev–Trinajstić information content (AvgIpc) is 2.45. The zero-order valence-electron chi connectivity index (χ0n) is 8.68. The Morgan fingerprint density at radius 3 is 2.20 bits per heavy atom. The molecule has 4 nitrogen and oxygen atoms in total. The van der Waals surface area contributed by atoms with E-state index in [0.29, 0.717) is 0 Å². The van der Waals surface area contributed by atoms with Crippen molar-refractivity contribution in [2.45, 2.75) is 13.0 Å². The second-order valence-corrected chi connectivity index (χ2v) is 3.57. The van der Waals surface area contributed by atoms with Crippen molar-refractivity contribution in [1.29, 1.82) is 0 Å². The maximum Gasteiger partial charge on any atom is 0.310 e. The third-order valence-electron chi connectivity index (χ3n) is 2.66. The molecule has 2 rings (SSSR count). The summed E-state index contributed by atoms with van der Waals surface area (Å²) in [4.78, 5) is 23.1. The third kappa shape index (κ3) is 1.43. The van der Waals surface area contributed by atoms with E-state index in [4.69, 9.17) is 0 Å². The van der Waals surface area contributed by atoms with Crippen LogP contribution in [-0.4, -0.2) is 29.8 Å². The zero-order chi connectivity index (χ0) is 11.0. The number of anilines is 1. The second-order valence-electron chi connectivity index (χ2n) is 3.57. The molecule has 1 aliphatic rings. The Bertz CT molecular complexity index is 402. The van der Waals surface area contributed by atoms with Crippen molar-refractivity contribution >= 4 is 17.4 Å². The SMILES string of the molecule is C[C@@H]1C(=O)C(=O)N(c2ccccc2)N1C. The summed E-state index contributed by atoms with van der Waals surface area (Å²) in [5.74, 6) is -0.822. The van der Waals surface area contributed by atoms with Crippen LogP contribution in [0.5, 0.6) is 0 Å². The standard InChI is InChI=1S/C11H12N2O2/c1-8-10(14)11(15)13(12(8)2)9-6-4-3-5-7-9/h3-8H,1-2H3/t8-/m1/s1. The van der Waals surface area contributed by atoms with Crippen LogP contribution in [0.3, 0.4) is 0 Å². The van der Waals surface area contributed by atoms with Gasteiger partial charge in [0, 0.05) is 7.05 Å². The highest BCUT2D eigenvalue weighted by Gasteiger charge is 2.41. The van der Waals surface area contributed by atoms with Gasteiger partial charge in [-0.2, -0.15) is 0 Å². The van der Waals surface area contributed by atoms with Gasteiger partial charge in [0.15, 0.2) is 0 Å². The first kappa shape index (κ1) is 9.86. The minimum atomic E-state index is -0.462. The summed E-state index contributed by atoms with van der Waals surface area (Å²) < 4.78 is 0. The van der Waals surface area contributed by atoms with E-state index < -0.39 is 5.91 Å². The van der Waals surface area contributed by atoms with Crippen molar-refractivity contribution in [2.75, 3.05) is 12.1 Å². The van der Waals surface area contributed by atoms with E-state index in [1.165, 1.54) is 5.01 Å². The maximum absolute atomic E-state index is 11.7. The van der Waals surface area contributed by atoms with E-state index in [1.807, 2.05) is 18.2 Å². The van der Waals surface area contributed by atoms with Gasteiger partial charge in [0.2, 0.25) is 5.78 Å². The quantitative estimate of drug-likeness (QED) is 0.636. The van der Waals surface area contributed by atoms with Crippen LogP contribution < -0.4 is 5.01 Å². The van der Waals surface area contributed by atoms with Crippen molar-refractivity contribution in [3.8, 4) is 0 Å². The summed E-state index contributed by atoms with van der Waals surface area (Å²) in [6.07, 6.45) is 0. The molecular weight excluding hydrogens is 192 g/mol. The molecule has 1 saturated heterocycles. The van der Waals surface area contributed by atoms with Gasteiger partial charge >= 0.3 is 5.91 Å². The molecule has 1 aromatic carbocycles. The van der Waals surface area contributed by atoms with E-state index in [9.17, 15) is 9.59 Å². The molecule has 0 radical (unpaired) electrons. The molecule has 1 aliphatic heterocycles. The fourth-order valence-corrected chi connectivity index (χ4v) is 1.64. The van der Waals surface area contributed by atoms with Crippen molar-refractivity contribution < 1.29 is 9.59 Å². The van der Waals surface area contributed by atoms with Crippen LogP contribution in [0.2, 0.25) is 0 Å². The Labute approximate surface area is 88.1 Å². The van der Waals surface area contributed by atoms with E-state index in [2.05, 4.69) is 0 Å². The molecule has 0 aromatic heterocycles. The smallest absolute Gasteiger partial charge is 0.287 e. The van der Waals surface area contributed by atoms with Gasteiger partial charge in [-0.15, -0.1) is 0 Å². The van der Waals surface area contributed by atoms with Gasteiger partial charge in [-0.1, -0.05) is 18.2 Å². The molecule has 15 heavy (non-hydrogen) atoms. The lowest BCUT2D eigenvalue weighted by atomic mass is 10.2. The fourth-order valence-electron chi connectivity index (χ4n) is 1.64. The van der Waals surface area contributed by atoms with E-state index in [-0.39, 0.29) is 11.8 Å². The van der Waals surface area contributed by atoms with Gasteiger partial charge in [0.05, 0.1) is 11.7 Å². The number of ketones is 1. The van der Waals surface area contributed by atoms with Crippen LogP contribution in [0.25, 0.3) is 0 Å². The lowest BCUT2D eigenvalue weighted by Gasteiger charge is -2.25. The Kier molecular flexibility index (Phi) is 2.28. The molecule has 1 heterocycles. The number of amides is 1. The first-order valence-corrected chi connectivity index (χ1v) is 4.79. The molecule has 0 spiro atoms. The normalized spacial score (nSPS) is 22.5. The van der Waals surface area contributed by atoms with Crippen LogP contribution in [0.1, 0.15) is 6.92 Å². The Balaban J connectivity index is 2.39. The Morgan fingerprint density at radius 1 is 1.13 bits per heavy atom. The van der Waals surface area contributed by atoms with Gasteiger partial charge < -0.3 is 0 Å². The van der Waals surface area contributed by atoms with Gasteiger partial charge in [-0.05, 0) is 19.1 Å². The Morgan fingerprint density at radius 2 is 1.73 bits per heavy atom. The summed E-state index contributed by atoms with van der Waals surface area (Å²) in [5, 5.41) is 3.06. The van der Waals surface area contributed by atoms with Crippen LogP contribution in [0.15, 0.2) is 30.3 Å². The highest BCUT2D eigenvalue weighted by molar-refractivity contribution is 6.44. The summed E-state index contributed by atoms with van der Waals surface area (Å²) in [6, 6.07) is 8.78. The minimum Gasteiger partial charge on any atom is -0.287 e. The van der Waals surface area contributed by atoms with Gasteiger partial charge in [0.25, 0.3) is 0 Å². The number of rotatable bonds is 1. The molecule has 1 aromatic rings. The zero-order valence-corrected chi connectivity index (χ0v) is 8.68. The third-order valence-corrected chi connectivity index (χ3v) is 2.66. The number of likely N-dealkylation sites (N-methyl/N-ethyl adjacent to an activating group) is 1. The van der Waals surface area contributed by atoms with Crippen LogP contribution >= 0.6 is 0 Å². The number of nitrogens with zero attached hydrogens (tertiary/aromatic N) is 2. The molecule has 1 atom stereocenters. The van der Waals surface area contributed by atoms with E-state index in [1.54, 1.807) is 31.1 Å². The fraction of sp³-hybridized carbons (Fsp3) is 0.273. The molecule has 0 bridgehead atoms. The molecule has 78 valence electrons. The topological polar surface area (TPSA) is 40.6 Å².